The van der Waals surface area contributed by atoms with Crippen LogP contribution in [0.5, 0.6) is 0 Å². The number of nitrogens with zero attached hydrogens (tertiary/aromatic N) is 1. The van der Waals surface area contributed by atoms with E-state index in [1.165, 1.54) is 22.3 Å². The van der Waals surface area contributed by atoms with Crippen LogP contribution in [0.2, 0.25) is 0 Å². The van der Waals surface area contributed by atoms with Gasteiger partial charge in [-0.05, 0) is 55.7 Å². The fourth-order valence-electron chi connectivity index (χ4n) is 2.76. The van der Waals surface area contributed by atoms with E-state index in [1.54, 1.807) is 16.8 Å². The maximum absolute atomic E-state index is 12.3. The molecule has 2 aromatic carbocycles. The Balaban J connectivity index is 1.77. The molecule has 112 valence electrons. The summed E-state index contributed by atoms with van der Waals surface area (Å²) in [5.74, 6) is -0.0466. The van der Waals surface area contributed by atoms with Gasteiger partial charge in [-0.3, -0.25) is 4.79 Å². The maximum atomic E-state index is 12.3. The number of rotatable bonds is 3. The largest absolute Gasteiger partial charge is 0.348 e. The second-order valence-electron chi connectivity index (χ2n) is 5.59. The average Bonchev–Trinajstić information content (AvgIpc) is 2.93. The fourth-order valence-corrected chi connectivity index (χ4v) is 3.47. The van der Waals surface area contributed by atoms with Gasteiger partial charge in [0.2, 0.25) is 0 Å². The van der Waals surface area contributed by atoms with Gasteiger partial charge in [0.1, 0.15) is 0 Å². The maximum Gasteiger partial charge on any atom is 0.251 e. The van der Waals surface area contributed by atoms with Crippen molar-refractivity contribution in [2.45, 2.75) is 27.3 Å². The van der Waals surface area contributed by atoms with Crippen LogP contribution in [0.15, 0.2) is 35.8 Å². The Hall–Kier alpha value is -2.20. The summed E-state index contributed by atoms with van der Waals surface area (Å²) in [7, 11) is 0. The van der Waals surface area contributed by atoms with E-state index in [1.807, 2.05) is 18.2 Å². The number of hydrogen-bond acceptors (Lipinski definition) is 3. The first kappa shape index (κ1) is 14.7. The highest BCUT2D eigenvalue weighted by molar-refractivity contribution is 7.16. The molecule has 0 aliphatic carbocycles. The lowest BCUT2D eigenvalue weighted by atomic mass is 10.00. The zero-order chi connectivity index (χ0) is 15.7. The van der Waals surface area contributed by atoms with E-state index in [9.17, 15) is 4.79 Å². The minimum Gasteiger partial charge on any atom is -0.348 e. The zero-order valence-electron chi connectivity index (χ0n) is 12.9. The standard InChI is InChI=1S/C18H18N2OS/c1-11-6-12(2)15(13(3)7-11)9-19-18(21)14-4-5-16-17(8-14)22-10-20-16/h4-8,10H,9H2,1-3H3,(H,19,21). The van der Waals surface area contributed by atoms with Crippen molar-refractivity contribution in [2.75, 3.05) is 0 Å². The molecular formula is C18H18N2OS. The highest BCUT2D eigenvalue weighted by Crippen LogP contribution is 2.20. The van der Waals surface area contributed by atoms with Crippen LogP contribution in [0.3, 0.4) is 0 Å². The molecule has 3 aromatic rings. The molecule has 22 heavy (non-hydrogen) atoms. The van der Waals surface area contributed by atoms with Crippen LogP contribution in [0.4, 0.5) is 0 Å². The molecule has 0 unspecified atom stereocenters. The molecule has 0 bridgehead atoms. The lowest BCUT2D eigenvalue weighted by molar-refractivity contribution is 0.0951. The van der Waals surface area contributed by atoms with Crippen LogP contribution < -0.4 is 5.32 Å². The lowest BCUT2D eigenvalue weighted by Crippen LogP contribution is -2.23. The Bertz CT molecular complexity index is 828. The highest BCUT2D eigenvalue weighted by Gasteiger charge is 2.09. The molecule has 0 aliphatic rings. The van der Waals surface area contributed by atoms with Crippen LogP contribution in [-0.2, 0) is 6.54 Å². The van der Waals surface area contributed by atoms with E-state index < -0.39 is 0 Å². The number of fused-ring (bicyclic) bond motifs is 1. The van der Waals surface area contributed by atoms with Gasteiger partial charge in [-0.25, -0.2) is 4.98 Å². The Kier molecular flexibility index (Phi) is 3.94. The third-order valence-electron chi connectivity index (χ3n) is 3.86. The van der Waals surface area contributed by atoms with E-state index in [0.717, 1.165) is 10.2 Å². The molecule has 0 radical (unpaired) electrons. The molecule has 1 heterocycles. The van der Waals surface area contributed by atoms with Crippen LogP contribution in [0.25, 0.3) is 10.2 Å². The highest BCUT2D eigenvalue weighted by atomic mass is 32.1. The number of carbonyl (C=O) groups excluding carboxylic acids is 1. The molecule has 0 fully saturated rings. The Morgan fingerprint density at radius 1 is 1.14 bits per heavy atom. The van der Waals surface area contributed by atoms with Gasteiger partial charge in [0.25, 0.3) is 5.91 Å². The summed E-state index contributed by atoms with van der Waals surface area (Å²) in [6, 6.07) is 9.92. The van der Waals surface area contributed by atoms with Crippen molar-refractivity contribution in [1.29, 1.82) is 0 Å². The number of aryl methyl sites for hydroxylation is 3. The Labute approximate surface area is 134 Å². The van der Waals surface area contributed by atoms with Gasteiger partial charge in [0.15, 0.2) is 0 Å². The van der Waals surface area contributed by atoms with Gasteiger partial charge < -0.3 is 5.32 Å². The first-order chi connectivity index (χ1) is 10.5. The molecule has 0 spiro atoms. The Morgan fingerprint density at radius 2 is 1.86 bits per heavy atom. The minimum atomic E-state index is -0.0466. The van der Waals surface area contributed by atoms with Gasteiger partial charge >= 0.3 is 0 Å². The summed E-state index contributed by atoms with van der Waals surface area (Å²) in [6.07, 6.45) is 0. The number of nitrogens with one attached hydrogen (secondary N) is 1. The van der Waals surface area contributed by atoms with Crippen molar-refractivity contribution in [3.8, 4) is 0 Å². The summed E-state index contributed by atoms with van der Waals surface area (Å²) in [5, 5.41) is 3.02. The first-order valence-electron chi connectivity index (χ1n) is 7.23. The molecule has 0 atom stereocenters. The van der Waals surface area contributed by atoms with Gasteiger partial charge in [-0.2, -0.15) is 0 Å². The summed E-state index contributed by atoms with van der Waals surface area (Å²) >= 11 is 1.55. The fraction of sp³-hybridized carbons (Fsp3) is 0.222. The molecule has 1 amide bonds. The second kappa shape index (κ2) is 5.89. The molecule has 0 saturated carbocycles. The van der Waals surface area contributed by atoms with E-state index in [2.05, 4.69) is 43.2 Å². The van der Waals surface area contributed by atoms with Gasteiger partial charge in [0.05, 0.1) is 15.7 Å². The number of thiazole rings is 1. The van der Waals surface area contributed by atoms with Crippen molar-refractivity contribution in [3.05, 3.63) is 63.7 Å². The molecular weight excluding hydrogens is 292 g/mol. The SMILES string of the molecule is Cc1cc(C)c(CNC(=O)c2ccc3ncsc3c2)c(C)c1. The monoisotopic (exact) mass is 310 g/mol. The van der Waals surface area contributed by atoms with E-state index in [-0.39, 0.29) is 5.91 Å². The molecule has 3 nitrogen and oxygen atoms in total. The van der Waals surface area contributed by atoms with Crippen molar-refractivity contribution < 1.29 is 4.79 Å². The molecule has 0 saturated heterocycles. The summed E-state index contributed by atoms with van der Waals surface area (Å²) < 4.78 is 1.04. The third kappa shape index (κ3) is 2.88. The van der Waals surface area contributed by atoms with Gasteiger partial charge in [0, 0.05) is 12.1 Å². The summed E-state index contributed by atoms with van der Waals surface area (Å²) in [4.78, 5) is 16.6. The van der Waals surface area contributed by atoms with E-state index >= 15 is 0 Å². The van der Waals surface area contributed by atoms with Crippen molar-refractivity contribution in [2.24, 2.45) is 0 Å². The van der Waals surface area contributed by atoms with Crippen molar-refractivity contribution >= 4 is 27.5 Å². The normalized spacial score (nSPS) is 10.9. The number of amides is 1. The minimum absolute atomic E-state index is 0.0466. The molecule has 0 aliphatic heterocycles. The van der Waals surface area contributed by atoms with E-state index in [0.29, 0.717) is 12.1 Å². The average molecular weight is 310 g/mol. The van der Waals surface area contributed by atoms with Crippen LogP contribution >= 0.6 is 11.3 Å². The van der Waals surface area contributed by atoms with Gasteiger partial charge in [-0.1, -0.05) is 17.7 Å². The van der Waals surface area contributed by atoms with Crippen molar-refractivity contribution in [1.82, 2.24) is 10.3 Å². The molecule has 1 N–H and O–H groups in total. The van der Waals surface area contributed by atoms with E-state index in [4.69, 9.17) is 0 Å². The number of benzene rings is 2. The summed E-state index contributed by atoms with van der Waals surface area (Å²) in [6.45, 7) is 6.82. The first-order valence-corrected chi connectivity index (χ1v) is 8.11. The quantitative estimate of drug-likeness (QED) is 0.789. The second-order valence-corrected chi connectivity index (χ2v) is 6.48. The van der Waals surface area contributed by atoms with Gasteiger partial charge in [-0.15, -0.1) is 11.3 Å². The van der Waals surface area contributed by atoms with Crippen LogP contribution in [0.1, 0.15) is 32.6 Å². The predicted octanol–water partition coefficient (Wildman–Crippen LogP) is 4.15. The molecule has 3 rings (SSSR count). The smallest absolute Gasteiger partial charge is 0.251 e. The zero-order valence-corrected chi connectivity index (χ0v) is 13.8. The van der Waals surface area contributed by atoms with Crippen LogP contribution in [0, 0.1) is 20.8 Å². The Morgan fingerprint density at radius 3 is 2.59 bits per heavy atom. The topological polar surface area (TPSA) is 42.0 Å². The number of hydrogen-bond donors (Lipinski definition) is 1. The molecule has 1 aromatic heterocycles. The molecule has 4 heteroatoms. The van der Waals surface area contributed by atoms with Crippen LogP contribution in [-0.4, -0.2) is 10.9 Å². The van der Waals surface area contributed by atoms with Crippen molar-refractivity contribution in [3.63, 3.8) is 0 Å². The lowest BCUT2D eigenvalue weighted by Gasteiger charge is -2.12. The summed E-state index contributed by atoms with van der Waals surface area (Å²) in [5.41, 5.74) is 8.29. The number of carbonyl (C=O) groups is 1. The predicted molar refractivity (Wildman–Crippen MR) is 91.4 cm³/mol. The third-order valence-corrected chi connectivity index (χ3v) is 4.65. The number of aromatic nitrogens is 1.